The number of rotatable bonds is 14. The number of fused-ring (bicyclic) bond motifs is 3. The average molecular weight is 1080 g/mol. The van der Waals surface area contributed by atoms with Crippen LogP contribution in [0.3, 0.4) is 0 Å². The number of nitrogen functional groups attached to an aromatic ring is 1. The van der Waals surface area contributed by atoms with E-state index in [9.17, 15) is 19.8 Å². The molecule has 6 atom stereocenters. The molecule has 2 aromatic carbocycles. The van der Waals surface area contributed by atoms with Crippen molar-refractivity contribution in [1.29, 1.82) is 0 Å². The molecule has 12 rings (SSSR count). The second kappa shape index (κ2) is 21.7. The number of piperidine rings is 3. The summed E-state index contributed by atoms with van der Waals surface area (Å²) in [6, 6.07) is 19.2. The summed E-state index contributed by atoms with van der Waals surface area (Å²) >= 11 is 1.60. The number of nitrogens with one attached hydrogen (secondary N) is 1. The average Bonchev–Trinajstić information content (AvgIpc) is 4.31. The maximum Gasteiger partial charge on any atom is 0.243 e. The predicted octanol–water partition coefficient (Wildman–Crippen LogP) is 8.04. The van der Waals surface area contributed by atoms with Gasteiger partial charge < -0.3 is 40.5 Å². The minimum Gasteiger partial charge on any atom is -0.507 e. The zero-order chi connectivity index (χ0) is 53.8. The van der Waals surface area contributed by atoms with Crippen LogP contribution in [0.4, 0.5) is 17.6 Å². The third kappa shape index (κ3) is 10.2. The van der Waals surface area contributed by atoms with Crippen LogP contribution < -0.4 is 20.9 Å². The summed E-state index contributed by atoms with van der Waals surface area (Å²) in [6.07, 6.45) is 12.0. The molecular weight excluding hydrogens is 1000 g/mol. The molecule has 408 valence electrons. The highest BCUT2D eigenvalue weighted by atomic mass is 32.1. The summed E-state index contributed by atoms with van der Waals surface area (Å²) in [5.41, 5.74) is 15.0. The summed E-state index contributed by atoms with van der Waals surface area (Å²) in [5, 5.41) is 42.3. The Morgan fingerprint density at radius 2 is 1.58 bits per heavy atom. The first-order valence-electron chi connectivity index (χ1n) is 28.0. The van der Waals surface area contributed by atoms with Crippen molar-refractivity contribution in [2.45, 2.75) is 134 Å². The van der Waals surface area contributed by atoms with Crippen LogP contribution in [0.15, 0.2) is 83.1 Å². The number of amides is 2. The molecular formula is C58H70N14O5S. The van der Waals surface area contributed by atoms with Crippen LogP contribution in [-0.2, 0) is 9.59 Å². The summed E-state index contributed by atoms with van der Waals surface area (Å²) in [4.78, 5) is 52.6. The van der Waals surface area contributed by atoms with Gasteiger partial charge in [-0.25, -0.2) is 15.0 Å². The molecule has 5 fully saturated rings. The Bertz CT molecular complexity index is 3240. The number of carbonyl (C=O) groups is 2. The second-order valence-electron chi connectivity index (χ2n) is 22.8. The number of hydrogen-bond acceptors (Lipinski definition) is 17. The number of aliphatic hydroxyl groups is 1. The molecule has 5 N–H and O–H groups in total. The van der Waals surface area contributed by atoms with Gasteiger partial charge in [-0.15, -0.1) is 21.5 Å². The minimum absolute atomic E-state index is 0.0845. The number of hydrogen-bond donors (Lipinski definition) is 4. The van der Waals surface area contributed by atoms with Crippen LogP contribution in [0.2, 0.25) is 0 Å². The van der Waals surface area contributed by atoms with E-state index in [0.717, 1.165) is 110 Å². The van der Waals surface area contributed by atoms with Gasteiger partial charge in [0.15, 0.2) is 22.9 Å². The van der Waals surface area contributed by atoms with E-state index in [1.807, 2.05) is 86.4 Å². The molecule has 20 heteroatoms. The summed E-state index contributed by atoms with van der Waals surface area (Å²) in [5.74, 6) is 2.22. The number of aliphatic hydroxyl groups excluding tert-OH is 1. The molecule has 3 unspecified atom stereocenters. The third-order valence-corrected chi connectivity index (χ3v) is 18.5. The minimum atomic E-state index is -0.804. The molecule has 5 saturated heterocycles. The molecule has 0 saturated carbocycles. The number of carbonyl (C=O) groups excluding carboxylic acids is 2. The van der Waals surface area contributed by atoms with Crippen LogP contribution in [0.25, 0.3) is 32.7 Å². The number of nitrogens with two attached hydrogens (primary N) is 1. The monoisotopic (exact) mass is 1070 g/mol. The molecule has 0 aliphatic carbocycles. The van der Waals surface area contributed by atoms with Crippen LogP contribution >= 0.6 is 11.3 Å². The number of β-amino-alcohol motifs (C(OH)–C–C–N with tert-alkyl or cyclic N) is 1. The van der Waals surface area contributed by atoms with Gasteiger partial charge in [0.05, 0.1) is 45.5 Å². The van der Waals surface area contributed by atoms with Crippen molar-refractivity contribution >= 4 is 51.8 Å². The maximum atomic E-state index is 14.5. The highest BCUT2D eigenvalue weighted by Gasteiger charge is 2.45. The SMILES string of the molecule is Cc1ncsc1-c1ccc([C@H](C)NC(=O)[C@@H]2C[C@@H](O)CN2C(=O)C(c2cc(N3CCC(CN4C5CCC4CC(c4cnc(N6CCC(n7nc(N)c8nnc(-c9ccccc9O)cc87)CC6)nc4)C5)CC3)no2)C(C)C)cc1. The topological polar surface area (TPSA) is 234 Å². The Morgan fingerprint density at radius 3 is 2.27 bits per heavy atom. The van der Waals surface area contributed by atoms with E-state index >= 15 is 0 Å². The lowest BCUT2D eigenvalue weighted by Gasteiger charge is -2.42. The van der Waals surface area contributed by atoms with Gasteiger partial charge in [-0.05, 0) is 118 Å². The number of para-hydroxylation sites is 1. The van der Waals surface area contributed by atoms with Crippen molar-refractivity contribution in [1.82, 2.24) is 55.2 Å². The quantitative estimate of drug-likeness (QED) is 0.0807. The fraction of sp³-hybridized carbons (Fsp3) is 0.500. The number of anilines is 3. The van der Waals surface area contributed by atoms with Gasteiger partial charge in [0.2, 0.25) is 17.8 Å². The van der Waals surface area contributed by atoms with Crippen molar-refractivity contribution in [3.63, 3.8) is 0 Å². The normalized spacial score (nSPS) is 23.2. The molecule has 7 aromatic rings. The summed E-state index contributed by atoms with van der Waals surface area (Å²) < 4.78 is 7.97. The van der Waals surface area contributed by atoms with E-state index < -0.39 is 18.1 Å². The second-order valence-corrected chi connectivity index (χ2v) is 23.7. The summed E-state index contributed by atoms with van der Waals surface area (Å²) in [6.45, 7) is 12.4. The number of thiazole rings is 1. The fourth-order valence-corrected chi connectivity index (χ4v) is 14.1. The largest absolute Gasteiger partial charge is 0.507 e. The molecule has 5 aliphatic heterocycles. The maximum absolute atomic E-state index is 14.5. The number of likely N-dealkylation sites (tertiary alicyclic amines) is 1. The highest BCUT2D eigenvalue weighted by molar-refractivity contribution is 7.13. The fourth-order valence-electron chi connectivity index (χ4n) is 13.2. The van der Waals surface area contributed by atoms with Crippen molar-refractivity contribution in [3.05, 3.63) is 101 Å². The van der Waals surface area contributed by atoms with Crippen LogP contribution in [0, 0.1) is 18.8 Å². The number of aromatic hydroxyl groups is 1. The first-order chi connectivity index (χ1) is 37.8. The van der Waals surface area contributed by atoms with E-state index in [1.54, 1.807) is 28.4 Å². The molecule has 10 heterocycles. The van der Waals surface area contributed by atoms with E-state index in [1.165, 1.54) is 18.4 Å². The number of aryl methyl sites for hydroxylation is 1. The lowest BCUT2D eigenvalue weighted by molar-refractivity contribution is -0.141. The van der Waals surface area contributed by atoms with Gasteiger partial charge >= 0.3 is 0 Å². The van der Waals surface area contributed by atoms with Crippen molar-refractivity contribution in [2.24, 2.45) is 11.8 Å². The number of aromatic nitrogens is 8. The Hall–Kier alpha value is -7.03. The van der Waals surface area contributed by atoms with Gasteiger partial charge in [0.1, 0.15) is 17.7 Å². The van der Waals surface area contributed by atoms with Gasteiger partial charge in [0.25, 0.3) is 0 Å². The smallest absolute Gasteiger partial charge is 0.243 e. The van der Waals surface area contributed by atoms with Crippen molar-refractivity contribution < 1.29 is 24.3 Å². The highest BCUT2D eigenvalue weighted by Crippen LogP contribution is 2.44. The predicted molar refractivity (Wildman–Crippen MR) is 299 cm³/mol. The lowest BCUT2D eigenvalue weighted by atomic mass is 9.85. The lowest BCUT2D eigenvalue weighted by Crippen LogP contribution is -2.48. The first-order valence-corrected chi connectivity index (χ1v) is 28.8. The van der Waals surface area contributed by atoms with Crippen molar-refractivity contribution in [3.8, 4) is 27.4 Å². The molecule has 2 amide bonds. The van der Waals surface area contributed by atoms with Gasteiger partial charge in [0, 0.05) is 81.8 Å². The Morgan fingerprint density at radius 1 is 0.859 bits per heavy atom. The Balaban J connectivity index is 0.615. The van der Waals surface area contributed by atoms with E-state index in [4.69, 9.17) is 25.3 Å². The first kappa shape index (κ1) is 51.7. The molecule has 19 nitrogen and oxygen atoms in total. The number of nitrogens with zero attached hydrogens (tertiary/aromatic N) is 12. The van der Waals surface area contributed by atoms with Gasteiger partial charge in [-0.1, -0.05) is 55.4 Å². The standard InChI is InChI=1S/C58H70N14O5S/c1-33(2)52(57(76)71-31-44(73)25-48(71)56(75)63-34(3)37-9-11-38(12-10-37)54-35(4)62-32-78-54)50-27-51(67-77-50)68-19-15-36(16-20-68)30-70-42-13-14-43(70)24-39(23-42)40-28-60-58(61-29-40)69-21-17-41(18-22-69)72-47-26-46(45-7-5-6-8-49(45)74)64-65-53(47)55(59)66-72/h5-12,26-29,32-34,36,39,41-44,48,52,73-74H,13-25,30-31H2,1-4H3,(H2,59,66)(H,63,75)/t34-,39?,42?,43?,44+,48-,52?/m0/s1. The number of benzene rings is 2. The third-order valence-electron chi connectivity index (χ3n) is 17.6. The van der Waals surface area contributed by atoms with Crippen LogP contribution in [0.5, 0.6) is 5.75 Å². The molecule has 5 aliphatic rings. The Labute approximate surface area is 458 Å². The van der Waals surface area contributed by atoms with Crippen molar-refractivity contribution in [2.75, 3.05) is 54.8 Å². The van der Waals surface area contributed by atoms with Crippen LogP contribution in [0.1, 0.15) is 125 Å². The Kier molecular flexibility index (Phi) is 14.4. The van der Waals surface area contributed by atoms with Gasteiger partial charge in [-0.2, -0.15) is 5.10 Å². The number of phenols is 1. The zero-order valence-electron chi connectivity index (χ0n) is 44.9. The van der Waals surface area contributed by atoms with Crippen LogP contribution in [-0.4, -0.2) is 135 Å². The molecule has 0 radical (unpaired) electrons. The van der Waals surface area contributed by atoms with E-state index in [-0.39, 0.29) is 48.5 Å². The van der Waals surface area contributed by atoms with Gasteiger partial charge in [-0.3, -0.25) is 19.2 Å². The molecule has 2 bridgehead atoms. The summed E-state index contributed by atoms with van der Waals surface area (Å²) in [7, 11) is 0. The molecule has 5 aromatic heterocycles. The number of phenolic OH excluding ortho intramolecular Hbond substituents is 1. The van der Waals surface area contributed by atoms with E-state index in [0.29, 0.717) is 52.3 Å². The molecule has 0 spiro atoms. The zero-order valence-corrected chi connectivity index (χ0v) is 45.7. The molecule has 78 heavy (non-hydrogen) atoms. The van der Waals surface area contributed by atoms with E-state index in [2.05, 4.69) is 52.7 Å².